The van der Waals surface area contributed by atoms with Crippen LogP contribution in [0.5, 0.6) is 11.5 Å². The summed E-state index contributed by atoms with van der Waals surface area (Å²) in [6.45, 7) is 10.3. The SMILES string of the molecule is COc1c(Cl)c(C)c(/C=C\CC(Cc2ccccc2)C(N)=O)c(O)c1C/C=C(C)/C=C/[C@@]1(C)[C@H](C)CCC(=O)[C@@H]1C. The molecule has 3 rings (SSSR count). The molecule has 6 heteroatoms. The lowest BCUT2D eigenvalue weighted by atomic mass is 9.61. The molecule has 3 N–H and O–H groups in total. The van der Waals surface area contributed by atoms with Gasteiger partial charge in [-0.25, -0.2) is 0 Å². The van der Waals surface area contributed by atoms with Gasteiger partial charge in [0.2, 0.25) is 5.91 Å². The van der Waals surface area contributed by atoms with E-state index in [2.05, 4.69) is 26.0 Å². The van der Waals surface area contributed by atoms with Gasteiger partial charge in [0.1, 0.15) is 17.3 Å². The average molecular weight is 578 g/mol. The van der Waals surface area contributed by atoms with E-state index in [1.165, 1.54) is 0 Å². The van der Waals surface area contributed by atoms with Crippen molar-refractivity contribution in [1.82, 2.24) is 0 Å². The van der Waals surface area contributed by atoms with E-state index in [4.69, 9.17) is 22.1 Å². The molecule has 1 aliphatic rings. The van der Waals surface area contributed by atoms with Gasteiger partial charge in [-0.05, 0) is 62.0 Å². The summed E-state index contributed by atoms with van der Waals surface area (Å²) < 4.78 is 5.61. The molecule has 0 radical (unpaired) electrons. The fourth-order valence-electron chi connectivity index (χ4n) is 5.63. The van der Waals surface area contributed by atoms with Gasteiger partial charge in [-0.3, -0.25) is 9.59 Å². The molecule has 0 saturated heterocycles. The first-order valence-corrected chi connectivity index (χ1v) is 14.7. The van der Waals surface area contributed by atoms with Crippen LogP contribution in [-0.4, -0.2) is 23.9 Å². The number of hydrogen-bond donors (Lipinski definition) is 2. The van der Waals surface area contributed by atoms with E-state index in [0.29, 0.717) is 64.8 Å². The Kier molecular flexibility index (Phi) is 11.0. The molecule has 0 aromatic heterocycles. The van der Waals surface area contributed by atoms with E-state index in [-0.39, 0.29) is 28.9 Å². The van der Waals surface area contributed by atoms with Crippen LogP contribution in [0.2, 0.25) is 5.02 Å². The van der Waals surface area contributed by atoms with Crippen LogP contribution < -0.4 is 10.5 Å². The number of carbonyl (C=O) groups excluding carboxylic acids is 2. The summed E-state index contributed by atoms with van der Waals surface area (Å²) in [5.74, 6) is 0.521. The first kappa shape index (κ1) is 32.2. The molecule has 0 spiro atoms. The van der Waals surface area contributed by atoms with Crippen LogP contribution in [0.4, 0.5) is 0 Å². The van der Waals surface area contributed by atoms with Gasteiger partial charge in [0.15, 0.2) is 0 Å². The molecule has 0 aliphatic heterocycles. The molecule has 0 heterocycles. The zero-order chi connectivity index (χ0) is 30.3. The number of amides is 1. The number of nitrogens with two attached hydrogens (primary N) is 1. The Morgan fingerprint density at radius 2 is 1.95 bits per heavy atom. The van der Waals surface area contributed by atoms with Crippen LogP contribution in [0.25, 0.3) is 6.08 Å². The number of carbonyl (C=O) groups is 2. The number of primary amides is 1. The Labute approximate surface area is 250 Å². The van der Waals surface area contributed by atoms with Crippen molar-refractivity contribution >= 4 is 29.4 Å². The molecule has 1 saturated carbocycles. The highest BCUT2D eigenvalue weighted by molar-refractivity contribution is 6.33. The van der Waals surface area contributed by atoms with E-state index < -0.39 is 0 Å². The molecule has 4 atom stereocenters. The Bertz CT molecular complexity index is 1340. The van der Waals surface area contributed by atoms with Crippen molar-refractivity contribution in [3.05, 3.63) is 87.5 Å². The summed E-state index contributed by atoms with van der Waals surface area (Å²) >= 11 is 6.71. The van der Waals surface area contributed by atoms with E-state index in [9.17, 15) is 14.7 Å². The number of phenols is 1. The van der Waals surface area contributed by atoms with E-state index in [0.717, 1.165) is 17.6 Å². The van der Waals surface area contributed by atoms with Crippen LogP contribution in [0, 0.1) is 30.1 Å². The van der Waals surface area contributed by atoms with Crippen LogP contribution >= 0.6 is 11.6 Å². The third kappa shape index (κ3) is 7.51. The monoisotopic (exact) mass is 577 g/mol. The van der Waals surface area contributed by atoms with E-state index in [1.54, 1.807) is 13.2 Å². The molecule has 5 nitrogen and oxygen atoms in total. The molecule has 41 heavy (non-hydrogen) atoms. The lowest BCUT2D eigenvalue weighted by molar-refractivity contribution is -0.129. The maximum absolute atomic E-state index is 12.4. The smallest absolute Gasteiger partial charge is 0.221 e. The summed E-state index contributed by atoms with van der Waals surface area (Å²) in [4.78, 5) is 24.5. The van der Waals surface area contributed by atoms with Crippen LogP contribution in [0.1, 0.15) is 69.2 Å². The molecule has 1 fully saturated rings. The second-order valence-electron chi connectivity index (χ2n) is 11.6. The summed E-state index contributed by atoms with van der Waals surface area (Å²) in [7, 11) is 1.54. The van der Waals surface area contributed by atoms with Crippen molar-refractivity contribution in [2.24, 2.45) is 28.9 Å². The molecule has 1 amide bonds. The van der Waals surface area contributed by atoms with Gasteiger partial charge in [0.05, 0.1) is 12.1 Å². The zero-order valence-electron chi connectivity index (χ0n) is 25.2. The topological polar surface area (TPSA) is 89.6 Å². The number of halogens is 1. The van der Waals surface area contributed by atoms with Gasteiger partial charge in [-0.15, -0.1) is 0 Å². The Morgan fingerprint density at radius 3 is 2.59 bits per heavy atom. The number of hydrogen-bond acceptors (Lipinski definition) is 4. The number of methoxy groups -OCH3 is 1. The average Bonchev–Trinajstić information content (AvgIpc) is 2.95. The van der Waals surface area contributed by atoms with Crippen LogP contribution in [0.15, 0.2) is 60.2 Å². The number of ketones is 1. The molecule has 1 aliphatic carbocycles. The number of Topliss-reactive ketones (excluding diaryl/α,β-unsaturated/α-hetero) is 1. The summed E-state index contributed by atoms with van der Waals surface area (Å²) in [5, 5.41) is 11.8. The van der Waals surface area contributed by atoms with Gasteiger partial charge < -0.3 is 15.6 Å². The standard InChI is InChI=1S/C35H44ClNO4/c1-22(19-20-35(5)23(2)16-18-30(38)25(35)4)15-17-29-32(39)28(24(3)31(36)33(29)41-6)14-10-13-27(34(37)40)21-26-11-8-7-9-12-26/h7-12,14-15,19-20,23,25,27,39H,13,16-18,21H2,1-6H3,(H2,37,40)/b14-10-,20-19+,22-15+/t23-,25+,27?,35+/m1/s1. The lowest BCUT2D eigenvalue weighted by Crippen LogP contribution is -2.40. The zero-order valence-corrected chi connectivity index (χ0v) is 25.9. The van der Waals surface area contributed by atoms with Gasteiger partial charge in [0, 0.05) is 29.4 Å². The molecule has 1 unspecified atom stereocenters. The molecule has 220 valence electrons. The minimum Gasteiger partial charge on any atom is -0.507 e. The van der Waals surface area contributed by atoms with E-state index in [1.807, 2.05) is 63.3 Å². The minimum atomic E-state index is -0.367. The van der Waals surface area contributed by atoms with Crippen LogP contribution in [0.3, 0.4) is 0 Å². The summed E-state index contributed by atoms with van der Waals surface area (Å²) in [6, 6.07) is 9.77. The Balaban J connectivity index is 1.85. The number of aromatic hydroxyl groups is 1. The summed E-state index contributed by atoms with van der Waals surface area (Å²) in [5.41, 5.74) is 9.43. The molecule has 0 bridgehead atoms. The maximum atomic E-state index is 12.4. The number of rotatable bonds is 11. The van der Waals surface area contributed by atoms with E-state index >= 15 is 0 Å². The number of benzene rings is 2. The van der Waals surface area contributed by atoms with Crippen molar-refractivity contribution in [2.45, 2.75) is 66.7 Å². The van der Waals surface area contributed by atoms with Crippen molar-refractivity contribution in [1.29, 1.82) is 0 Å². The highest BCUT2D eigenvalue weighted by atomic mass is 35.5. The number of allylic oxidation sites excluding steroid dienone is 5. The quantitative estimate of drug-likeness (QED) is 0.267. The first-order valence-electron chi connectivity index (χ1n) is 14.4. The molecular formula is C35H44ClNO4. The predicted octanol–water partition coefficient (Wildman–Crippen LogP) is 7.80. The highest BCUT2D eigenvalue weighted by Gasteiger charge is 2.41. The minimum absolute atomic E-state index is 0.0217. The highest BCUT2D eigenvalue weighted by Crippen LogP contribution is 2.45. The van der Waals surface area contributed by atoms with Gasteiger partial charge in [-0.2, -0.15) is 0 Å². The molecule has 2 aromatic carbocycles. The van der Waals surface area contributed by atoms with Crippen molar-refractivity contribution in [3.63, 3.8) is 0 Å². The third-order valence-electron chi connectivity index (χ3n) is 9.02. The second-order valence-corrected chi connectivity index (χ2v) is 12.0. The van der Waals surface area contributed by atoms with Crippen molar-refractivity contribution in [2.75, 3.05) is 7.11 Å². The molecular weight excluding hydrogens is 534 g/mol. The Hall–Kier alpha value is -3.31. The Morgan fingerprint density at radius 1 is 1.27 bits per heavy atom. The molecule has 2 aromatic rings. The predicted molar refractivity (Wildman–Crippen MR) is 168 cm³/mol. The van der Waals surface area contributed by atoms with Crippen molar-refractivity contribution in [3.8, 4) is 11.5 Å². The summed E-state index contributed by atoms with van der Waals surface area (Å²) in [6.07, 6.45) is 12.9. The number of phenolic OH excluding ortho intramolecular Hbond substituents is 1. The maximum Gasteiger partial charge on any atom is 0.221 e. The first-order chi connectivity index (χ1) is 19.4. The van der Waals surface area contributed by atoms with Gasteiger partial charge >= 0.3 is 0 Å². The van der Waals surface area contributed by atoms with Gasteiger partial charge in [-0.1, -0.05) is 98.7 Å². The second kappa shape index (κ2) is 14.0. The largest absolute Gasteiger partial charge is 0.507 e. The van der Waals surface area contributed by atoms with Crippen LogP contribution in [-0.2, 0) is 22.4 Å². The fourth-order valence-corrected chi connectivity index (χ4v) is 5.93. The fraction of sp³-hybridized carbons (Fsp3) is 0.429. The number of ether oxygens (including phenoxy) is 1. The normalized spacial score (nSPS) is 22.4. The van der Waals surface area contributed by atoms with Gasteiger partial charge in [0.25, 0.3) is 0 Å². The van der Waals surface area contributed by atoms with Crippen molar-refractivity contribution < 1.29 is 19.4 Å². The third-order valence-corrected chi connectivity index (χ3v) is 9.47. The lowest BCUT2D eigenvalue weighted by Gasteiger charge is -2.42.